The summed E-state index contributed by atoms with van der Waals surface area (Å²) in [7, 11) is 0. The molecule has 2 nitrogen and oxygen atoms in total. The van der Waals surface area contributed by atoms with Gasteiger partial charge in [0.1, 0.15) is 0 Å². The van der Waals surface area contributed by atoms with Crippen LogP contribution < -0.4 is 5.73 Å². The molecule has 0 aliphatic heterocycles. The molecule has 1 aromatic heterocycles. The first-order chi connectivity index (χ1) is 7.76. The van der Waals surface area contributed by atoms with Gasteiger partial charge in [-0.25, -0.2) is 0 Å². The zero-order valence-corrected chi connectivity index (χ0v) is 9.74. The number of allylic oxidation sites excluding steroid dienone is 1. The molecule has 1 aromatic carbocycles. The van der Waals surface area contributed by atoms with Crippen LogP contribution >= 0.6 is 0 Å². The Morgan fingerprint density at radius 2 is 2.19 bits per heavy atom. The van der Waals surface area contributed by atoms with E-state index in [1.165, 1.54) is 22.0 Å². The molecule has 84 valence electrons. The fourth-order valence-electron chi connectivity index (χ4n) is 1.96. The van der Waals surface area contributed by atoms with Crippen molar-refractivity contribution in [3.8, 4) is 0 Å². The van der Waals surface area contributed by atoms with E-state index in [-0.39, 0.29) is 0 Å². The lowest BCUT2D eigenvalue weighted by atomic mass is 10.1. The monoisotopic (exact) mass is 214 g/mol. The lowest BCUT2D eigenvalue weighted by molar-refractivity contribution is 0.790. The molecule has 16 heavy (non-hydrogen) atoms. The normalized spacial score (nSPS) is 10.9. The number of nitrogens with two attached hydrogens (primary N) is 1. The summed E-state index contributed by atoms with van der Waals surface area (Å²) in [6.45, 7) is 7.68. The Bertz CT molecular complexity index is 508. The van der Waals surface area contributed by atoms with Crippen LogP contribution in [-0.2, 0) is 13.1 Å². The maximum absolute atomic E-state index is 5.73. The second-order valence-electron chi connectivity index (χ2n) is 4.10. The van der Waals surface area contributed by atoms with Gasteiger partial charge in [-0.2, -0.15) is 0 Å². The first kappa shape index (κ1) is 11.0. The second-order valence-corrected chi connectivity index (χ2v) is 4.10. The van der Waals surface area contributed by atoms with Gasteiger partial charge in [0.2, 0.25) is 0 Å². The van der Waals surface area contributed by atoms with Crippen LogP contribution in [0.4, 0.5) is 0 Å². The Hall–Kier alpha value is -1.54. The molecule has 2 N–H and O–H groups in total. The minimum Gasteiger partial charge on any atom is -0.343 e. The van der Waals surface area contributed by atoms with Crippen molar-refractivity contribution in [1.82, 2.24) is 4.57 Å². The van der Waals surface area contributed by atoms with E-state index in [4.69, 9.17) is 5.73 Å². The highest BCUT2D eigenvalue weighted by molar-refractivity contribution is 5.83. The first-order valence-electron chi connectivity index (χ1n) is 5.69. The van der Waals surface area contributed by atoms with Gasteiger partial charge < -0.3 is 10.3 Å². The summed E-state index contributed by atoms with van der Waals surface area (Å²) in [6, 6.07) is 8.43. The SMILES string of the molecule is C=C(CC)Cn1ccc2c(CN)cccc21. The molecule has 0 radical (unpaired) electrons. The largest absolute Gasteiger partial charge is 0.343 e. The second kappa shape index (κ2) is 4.54. The van der Waals surface area contributed by atoms with E-state index in [2.05, 4.69) is 48.5 Å². The molecule has 0 amide bonds. The summed E-state index contributed by atoms with van der Waals surface area (Å²) < 4.78 is 2.24. The minimum atomic E-state index is 0.593. The fourth-order valence-corrected chi connectivity index (χ4v) is 1.96. The summed E-state index contributed by atoms with van der Waals surface area (Å²) in [5.41, 5.74) is 9.43. The molecule has 1 heterocycles. The van der Waals surface area contributed by atoms with E-state index < -0.39 is 0 Å². The van der Waals surface area contributed by atoms with Crippen molar-refractivity contribution >= 4 is 10.9 Å². The zero-order valence-electron chi connectivity index (χ0n) is 9.74. The highest BCUT2D eigenvalue weighted by Crippen LogP contribution is 2.21. The Morgan fingerprint density at radius 3 is 2.88 bits per heavy atom. The Morgan fingerprint density at radius 1 is 1.38 bits per heavy atom. The van der Waals surface area contributed by atoms with Gasteiger partial charge in [-0.1, -0.05) is 31.2 Å². The number of rotatable bonds is 4. The highest BCUT2D eigenvalue weighted by atomic mass is 14.9. The van der Waals surface area contributed by atoms with E-state index in [0.29, 0.717) is 6.54 Å². The van der Waals surface area contributed by atoms with Gasteiger partial charge in [-0.05, 0) is 24.1 Å². The number of nitrogens with zero attached hydrogens (tertiary/aromatic N) is 1. The predicted octanol–water partition coefficient (Wildman–Crippen LogP) is 3.07. The molecule has 0 spiro atoms. The zero-order chi connectivity index (χ0) is 11.5. The van der Waals surface area contributed by atoms with Gasteiger partial charge >= 0.3 is 0 Å². The third-order valence-corrected chi connectivity index (χ3v) is 3.02. The molecular weight excluding hydrogens is 196 g/mol. The molecule has 0 bridgehead atoms. The van der Waals surface area contributed by atoms with Crippen LogP contribution in [0.1, 0.15) is 18.9 Å². The smallest absolute Gasteiger partial charge is 0.0486 e. The lowest BCUT2D eigenvalue weighted by Crippen LogP contribution is -1.99. The maximum atomic E-state index is 5.73. The topological polar surface area (TPSA) is 30.9 Å². The van der Waals surface area contributed by atoms with Crippen molar-refractivity contribution in [2.75, 3.05) is 0 Å². The highest BCUT2D eigenvalue weighted by Gasteiger charge is 2.04. The fraction of sp³-hybridized carbons (Fsp3) is 0.286. The molecule has 0 aliphatic carbocycles. The summed E-state index contributed by atoms with van der Waals surface area (Å²) in [4.78, 5) is 0. The third-order valence-electron chi connectivity index (χ3n) is 3.02. The lowest BCUT2D eigenvalue weighted by Gasteiger charge is -2.07. The van der Waals surface area contributed by atoms with Crippen LogP contribution in [-0.4, -0.2) is 4.57 Å². The Balaban J connectivity index is 2.45. The quantitative estimate of drug-likeness (QED) is 0.779. The summed E-state index contributed by atoms with van der Waals surface area (Å²) in [5.74, 6) is 0. The molecule has 2 aromatic rings. The van der Waals surface area contributed by atoms with Gasteiger partial charge in [0.05, 0.1) is 0 Å². The van der Waals surface area contributed by atoms with Crippen LogP contribution in [0.2, 0.25) is 0 Å². The minimum absolute atomic E-state index is 0.593. The Labute approximate surface area is 96.4 Å². The average Bonchev–Trinajstić information content (AvgIpc) is 2.72. The number of hydrogen-bond donors (Lipinski definition) is 1. The molecule has 0 saturated carbocycles. The predicted molar refractivity (Wildman–Crippen MR) is 69.3 cm³/mol. The van der Waals surface area contributed by atoms with Crippen LogP contribution in [0.3, 0.4) is 0 Å². The van der Waals surface area contributed by atoms with E-state index in [9.17, 15) is 0 Å². The van der Waals surface area contributed by atoms with E-state index in [1.807, 2.05) is 0 Å². The molecule has 2 heteroatoms. The van der Waals surface area contributed by atoms with E-state index in [1.54, 1.807) is 0 Å². The molecular formula is C14H18N2. The van der Waals surface area contributed by atoms with Crippen molar-refractivity contribution in [2.45, 2.75) is 26.4 Å². The van der Waals surface area contributed by atoms with E-state index >= 15 is 0 Å². The number of aromatic nitrogens is 1. The summed E-state index contributed by atoms with van der Waals surface area (Å²) in [6.07, 6.45) is 3.14. The van der Waals surface area contributed by atoms with Gasteiger partial charge in [-0.15, -0.1) is 0 Å². The number of hydrogen-bond acceptors (Lipinski definition) is 1. The van der Waals surface area contributed by atoms with Crippen LogP contribution in [0, 0.1) is 0 Å². The van der Waals surface area contributed by atoms with Crippen LogP contribution in [0.5, 0.6) is 0 Å². The van der Waals surface area contributed by atoms with Gasteiger partial charge in [-0.3, -0.25) is 0 Å². The number of benzene rings is 1. The van der Waals surface area contributed by atoms with Crippen molar-refractivity contribution < 1.29 is 0 Å². The van der Waals surface area contributed by atoms with Crippen molar-refractivity contribution in [3.05, 3.63) is 48.2 Å². The van der Waals surface area contributed by atoms with Crippen LogP contribution in [0.25, 0.3) is 10.9 Å². The van der Waals surface area contributed by atoms with Crippen molar-refractivity contribution in [3.63, 3.8) is 0 Å². The molecule has 0 atom stereocenters. The van der Waals surface area contributed by atoms with Crippen molar-refractivity contribution in [1.29, 1.82) is 0 Å². The molecule has 0 saturated heterocycles. The average molecular weight is 214 g/mol. The number of fused-ring (bicyclic) bond motifs is 1. The van der Waals surface area contributed by atoms with Gasteiger partial charge in [0.25, 0.3) is 0 Å². The van der Waals surface area contributed by atoms with Gasteiger partial charge in [0, 0.05) is 30.2 Å². The molecule has 0 unspecified atom stereocenters. The molecule has 2 rings (SSSR count). The van der Waals surface area contributed by atoms with Crippen LogP contribution in [0.15, 0.2) is 42.6 Å². The standard InChI is InChI=1S/C14H18N2/c1-3-11(2)10-16-8-7-13-12(9-15)5-4-6-14(13)16/h4-8H,2-3,9-10,15H2,1H3. The van der Waals surface area contributed by atoms with Crippen molar-refractivity contribution in [2.24, 2.45) is 5.73 Å². The summed E-state index contributed by atoms with van der Waals surface area (Å²) in [5, 5.41) is 1.26. The first-order valence-corrected chi connectivity index (χ1v) is 5.69. The molecule has 0 fully saturated rings. The van der Waals surface area contributed by atoms with Gasteiger partial charge in [0.15, 0.2) is 0 Å². The Kier molecular flexibility index (Phi) is 3.11. The summed E-state index contributed by atoms with van der Waals surface area (Å²) >= 11 is 0. The third kappa shape index (κ3) is 1.89. The van der Waals surface area contributed by atoms with E-state index in [0.717, 1.165) is 13.0 Å². The molecule has 0 aliphatic rings. The maximum Gasteiger partial charge on any atom is 0.0486 e.